The summed E-state index contributed by atoms with van der Waals surface area (Å²) in [6.45, 7) is 0. The predicted octanol–water partition coefficient (Wildman–Crippen LogP) is 0.826. The van der Waals surface area contributed by atoms with Gasteiger partial charge in [-0.3, -0.25) is 4.79 Å². The van der Waals surface area contributed by atoms with Gasteiger partial charge in [-0.15, -0.1) is 0 Å². The minimum atomic E-state index is -1.52. The number of hydrogen-bond acceptors (Lipinski definition) is 3. The Morgan fingerprint density at radius 1 is 1.38 bits per heavy atom. The second-order valence-electron chi connectivity index (χ2n) is 2.33. The first-order chi connectivity index (χ1) is 6.15. The number of carbonyl (C=O) groups is 2. The number of rotatable bonds is 2. The van der Waals surface area contributed by atoms with Gasteiger partial charge in [0.15, 0.2) is 0 Å². The summed E-state index contributed by atoms with van der Waals surface area (Å²) in [5.41, 5.74) is 0.290. The Balaban J connectivity index is 3.11. The molecule has 4 nitrogen and oxygen atoms in total. The Morgan fingerprint density at radius 2 is 2.08 bits per heavy atom. The van der Waals surface area contributed by atoms with Crippen LogP contribution < -0.4 is 0 Å². The molecule has 0 aliphatic carbocycles. The van der Waals surface area contributed by atoms with E-state index in [1.54, 1.807) is 0 Å². The molecule has 0 saturated carbocycles. The van der Waals surface area contributed by atoms with E-state index in [2.05, 4.69) is 0 Å². The van der Waals surface area contributed by atoms with E-state index in [0.29, 0.717) is 0 Å². The van der Waals surface area contributed by atoms with Gasteiger partial charge in [-0.1, -0.05) is 12.1 Å². The molecule has 4 heteroatoms. The molecule has 0 aliphatic heterocycles. The normalized spacial score (nSPS) is 8.85. The zero-order valence-corrected chi connectivity index (χ0v) is 6.52. The average molecular weight is 175 g/mol. The first-order valence-corrected chi connectivity index (χ1v) is 3.43. The molecule has 0 saturated heterocycles. The first kappa shape index (κ1) is 8.94. The van der Waals surface area contributed by atoms with Gasteiger partial charge in [0.25, 0.3) is 5.78 Å². The maximum Gasteiger partial charge on any atom is 0.377 e. The molecule has 0 atom stereocenters. The standard InChI is InChI=1S/C9H5NO3/c10-5-6-2-1-3-7(4-6)8(11)9(12)13/h1-4H,(H,12,13). The molecule has 64 valence electrons. The third-order valence-electron chi connectivity index (χ3n) is 1.45. The molecule has 1 rings (SSSR count). The van der Waals surface area contributed by atoms with Crippen LogP contribution in [0.1, 0.15) is 15.9 Å². The second-order valence-corrected chi connectivity index (χ2v) is 2.33. The van der Waals surface area contributed by atoms with Gasteiger partial charge >= 0.3 is 5.97 Å². The Hall–Kier alpha value is -2.15. The largest absolute Gasteiger partial charge is 0.475 e. The van der Waals surface area contributed by atoms with Gasteiger partial charge in [0.1, 0.15) is 0 Å². The van der Waals surface area contributed by atoms with Crippen molar-refractivity contribution in [3.63, 3.8) is 0 Å². The van der Waals surface area contributed by atoms with E-state index < -0.39 is 11.8 Å². The summed E-state index contributed by atoms with van der Waals surface area (Å²) in [5, 5.41) is 16.8. The van der Waals surface area contributed by atoms with Crippen LogP contribution in [-0.4, -0.2) is 16.9 Å². The van der Waals surface area contributed by atoms with E-state index in [9.17, 15) is 9.59 Å². The van der Waals surface area contributed by atoms with Crippen molar-refractivity contribution < 1.29 is 14.7 Å². The summed E-state index contributed by atoms with van der Waals surface area (Å²) < 4.78 is 0. The van der Waals surface area contributed by atoms with Crippen molar-refractivity contribution in [2.45, 2.75) is 0 Å². The average Bonchev–Trinajstić information content (AvgIpc) is 2.16. The molecular weight excluding hydrogens is 170 g/mol. The number of nitrogens with zero attached hydrogens (tertiary/aromatic N) is 1. The molecule has 0 bridgehead atoms. The van der Waals surface area contributed by atoms with Gasteiger partial charge in [0.2, 0.25) is 0 Å². The Kier molecular flexibility index (Phi) is 2.41. The lowest BCUT2D eigenvalue weighted by atomic mass is 10.1. The molecule has 1 aromatic carbocycles. The maximum atomic E-state index is 10.9. The van der Waals surface area contributed by atoms with E-state index in [1.807, 2.05) is 6.07 Å². The van der Waals surface area contributed by atoms with Crippen molar-refractivity contribution in [1.29, 1.82) is 5.26 Å². The van der Waals surface area contributed by atoms with Crippen LogP contribution in [-0.2, 0) is 4.79 Å². The van der Waals surface area contributed by atoms with Crippen molar-refractivity contribution in [3.8, 4) is 6.07 Å². The number of carboxylic acid groups (broad SMARTS) is 1. The summed E-state index contributed by atoms with van der Waals surface area (Å²) >= 11 is 0. The van der Waals surface area contributed by atoms with E-state index >= 15 is 0 Å². The highest BCUT2D eigenvalue weighted by Crippen LogP contribution is 2.04. The summed E-state index contributed by atoms with van der Waals surface area (Å²) in [6, 6.07) is 7.39. The topological polar surface area (TPSA) is 78.2 Å². The van der Waals surface area contributed by atoms with Crippen LogP contribution in [0.2, 0.25) is 0 Å². The number of aliphatic carboxylic acids is 1. The molecule has 0 radical (unpaired) electrons. The van der Waals surface area contributed by atoms with Gasteiger partial charge in [0.05, 0.1) is 11.6 Å². The van der Waals surface area contributed by atoms with Crippen molar-refractivity contribution in [1.82, 2.24) is 0 Å². The van der Waals surface area contributed by atoms with Gasteiger partial charge < -0.3 is 5.11 Å². The monoisotopic (exact) mass is 175 g/mol. The van der Waals surface area contributed by atoms with E-state index in [-0.39, 0.29) is 11.1 Å². The zero-order chi connectivity index (χ0) is 9.84. The first-order valence-electron chi connectivity index (χ1n) is 3.43. The van der Waals surface area contributed by atoms with Crippen molar-refractivity contribution in [3.05, 3.63) is 35.4 Å². The molecule has 0 aliphatic rings. The highest BCUT2D eigenvalue weighted by atomic mass is 16.4. The minimum Gasteiger partial charge on any atom is -0.475 e. The lowest BCUT2D eigenvalue weighted by Crippen LogP contribution is -2.12. The molecule has 1 aromatic rings. The quantitative estimate of drug-likeness (QED) is 0.533. The number of benzene rings is 1. The Bertz CT molecular complexity index is 404. The van der Waals surface area contributed by atoms with Gasteiger partial charge in [-0.2, -0.15) is 5.26 Å². The lowest BCUT2D eigenvalue weighted by molar-refractivity contribution is -0.131. The number of nitriles is 1. The number of ketones is 1. The minimum absolute atomic E-state index is 0.0200. The van der Waals surface area contributed by atoms with Gasteiger partial charge in [0, 0.05) is 5.56 Å². The van der Waals surface area contributed by atoms with Crippen LogP contribution in [0.5, 0.6) is 0 Å². The number of carboxylic acids is 1. The molecule has 1 N–H and O–H groups in total. The fraction of sp³-hybridized carbons (Fsp3) is 0. The Labute approximate surface area is 74.0 Å². The van der Waals surface area contributed by atoms with Gasteiger partial charge in [-0.25, -0.2) is 4.79 Å². The molecule has 0 heterocycles. The SMILES string of the molecule is N#Cc1cccc(C(=O)C(=O)O)c1. The molecule has 0 amide bonds. The third-order valence-corrected chi connectivity index (χ3v) is 1.45. The van der Waals surface area contributed by atoms with Crippen LogP contribution in [0.25, 0.3) is 0 Å². The summed E-state index contributed by atoms with van der Waals surface area (Å²) in [7, 11) is 0. The predicted molar refractivity (Wildman–Crippen MR) is 43.1 cm³/mol. The highest BCUT2D eigenvalue weighted by molar-refractivity contribution is 6.39. The number of Topliss-reactive ketones (excluding diaryl/α,β-unsaturated/α-hetero) is 1. The van der Waals surface area contributed by atoms with E-state index in [0.717, 1.165) is 0 Å². The van der Waals surface area contributed by atoms with Gasteiger partial charge in [-0.05, 0) is 12.1 Å². The summed E-state index contributed by atoms with van der Waals surface area (Å²) in [5.74, 6) is -2.52. The molecule has 13 heavy (non-hydrogen) atoms. The maximum absolute atomic E-state index is 10.9. The zero-order valence-electron chi connectivity index (χ0n) is 6.52. The fourth-order valence-electron chi connectivity index (χ4n) is 0.853. The molecule has 0 aromatic heterocycles. The second kappa shape index (κ2) is 3.50. The smallest absolute Gasteiger partial charge is 0.377 e. The fourth-order valence-corrected chi connectivity index (χ4v) is 0.853. The van der Waals surface area contributed by atoms with Crippen LogP contribution in [0.3, 0.4) is 0 Å². The highest BCUT2D eigenvalue weighted by Gasteiger charge is 2.13. The molecule has 0 fully saturated rings. The molecule has 0 unspecified atom stereocenters. The van der Waals surface area contributed by atoms with E-state index in [1.165, 1.54) is 24.3 Å². The van der Waals surface area contributed by atoms with Crippen LogP contribution in [0, 0.1) is 11.3 Å². The number of hydrogen-bond donors (Lipinski definition) is 1. The third kappa shape index (κ3) is 1.91. The van der Waals surface area contributed by atoms with E-state index in [4.69, 9.17) is 10.4 Å². The van der Waals surface area contributed by atoms with Crippen LogP contribution in [0.4, 0.5) is 0 Å². The lowest BCUT2D eigenvalue weighted by Gasteiger charge is -1.94. The van der Waals surface area contributed by atoms with Crippen LogP contribution in [0.15, 0.2) is 24.3 Å². The van der Waals surface area contributed by atoms with Crippen molar-refractivity contribution in [2.75, 3.05) is 0 Å². The summed E-state index contributed by atoms with van der Waals surface area (Å²) in [6.07, 6.45) is 0. The van der Waals surface area contributed by atoms with Crippen molar-refractivity contribution in [2.24, 2.45) is 0 Å². The van der Waals surface area contributed by atoms with Crippen molar-refractivity contribution >= 4 is 11.8 Å². The Morgan fingerprint density at radius 3 is 2.62 bits per heavy atom. The van der Waals surface area contributed by atoms with Crippen LogP contribution >= 0.6 is 0 Å². The summed E-state index contributed by atoms with van der Waals surface area (Å²) in [4.78, 5) is 21.2. The molecular formula is C9H5NO3. The number of carbonyl (C=O) groups excluding carboxylic acids is 1. The molecule has 0 spiro atoms.